The molecule has 1 aromatic carbocycles. The van der Waals surface area contributed by atoms with E-state index in [4.69, 9.17) is 0 Å². The van der Waals surface area contributed by atoms with Gasteiger partial charge in [-0.1, -0.05) is 19.1 Å². The van der Waals surface area contributed by atoms with Crippen LogP contribution < -0.4 is 14.9 Å². The van der Waals surface area contributed by atoms with Gasteiger partial charge in [-0.05, 0) is 31.6 Å². The van der Waals surface area contributed by atoms with Crippen LogP contribution in [-0.4, -0.2) is 53.5 Å². The van der Waals surface area contributed by atoms with Crippen LogP contribution in [0, 0.1) is 0 Å². The standard InChI is InChI=1S/C14H26N4O2S/c1-5-15-11-8-12-18(4)21(19,20)16-13-9-6-7-10-14(13)17(2)3/h6-7,9-10,15-16H,5,8,11-12H2,1-4H3. The second-order valence-electron chi connectivity index (χ2n) is 5.05. The maximum Gasteiger partial charge on any atom is 0.301 e. The Morgan fingerprint density at radius 1 is 1.14 bits per heavy atom. The molecule has 1 rings (SSSR count). The van der Waals surface area contributed by atoms with Crippen molar-refractivity contribution in [2.45, 2.75) is 13.3 Å². The fraction of sp³-hybridized carbons (Fsp3) is 0.571. The van der Waals surface area contributed by atoms with Crippen molar-refractivity contribution in [3.63, 3.8) is 0 Å². The molecule has 0 amide bonds. The van der Waals surface area contributed by atoms with E-state index in [-0.39, 0.29) is 0 Å². The van der Waals surface area contributed by atoms with Crippen LogP contribution >= 0.6 is 0 Å². The summed E-state index contributed by atoms with van der Waals surface area (Å²) >= 11 is 0. The number of anilines is 2. The van der Waals surface area contributed by atoms with Gasteiger partial charge in [0.15, 0.2) is 0 Å². The second kappa shape index (κ2) is 8.21. The molecule has 0 radical (unpaired) electrons. The largest absolute Gasteiger partial charge is 0.376 e. The highest BCUT2D eigenvalue weighted by atomic mass is 32.2. The third-order valence-corrected chi connectivity index (χ3v) is 4.59. The number of benzene rings is 1. The molecule has 0 bridgehead atoms. The van der Waals surface area contributed by atoms with Crippen molar-refractivity contribution >= 4 is 21.6 Å². The van der Waals surface area contributed by atoms with Crippen molar-refractivity contribution in [1.29, 1.82) is 0 Å². The summed E-state index contributed by atoms with van der Waals surface area (Å²) in [7, 11) is 1.83. The van der Waals surface area contributed by atoms with Gasteiger partial charge in [0.05, 0.1) is 11.4 Å². The lowest BCUT2D eigenvalue weighted by atomic mass is 10.2. The lowest BCUT2D eigenvalue weighted by Crippen LogP contribution is -2.34. The quantitative estimate of drug-likeness (QED) is 0.675. The molecule has 1 aromatic rings. The van der Waals surface area contributed by atoms with Crippen molar-refractivity contribution in [2.75, 3.05) is 50.4 Å². The molecule has 6 nitrogen and oxygen atoms in total. The monoisotopic (exact) mass is 314 g/mol. The van der Waals surface area contributed by atoms with Crippen LogP contribution in [0.1, 0.15) is 13.3 Å². The number of rotatable bonds is 9. The molecule has 0 aliphatic carbocycles. The van der Waals surface area contributed by atoms with Gasteiger partial charge >= 0.3 is 10.2 Å². The number of hydrogen-bond acceptors (Lipinski definition) is 4. The van der Waals surface area contributed by atoms with Crippen LogP contribution in [0.15, 0.2) is 24.3 Å². The highest BCUT2D eigenvalue weighted by Crippen LogP contribution is 2.24. The lowest BCUT2D eigenvalue weighted by molar-refractivity contribution is 0.459. The molecule has 120 valence electrons. The smallest absolute Gasteiger partial charge is 0.301 e. The van der Waals surface area contributed by atoms with E-state index in [1.807, 2.05) is 44.1 Å². The van der Waals surface area contributed by atoms with E-state index in [1.165, 1.54) is 4.31 Å². The predicted molar refractivity (Wildman–Crippen MR) is 89.1 cm³/mol. The number of nitrogens with zero attached hydrogens (tertiary/aromatic N) is 2. The maximum absolute atomic E-state index is 12.3. The molecule has 0 aliphatic heterocycles. The van der Waals surface area contributed by atoms with Crippen LogP contribution in [0.2, 0.25) is 0 Å². The summed E-state index contributed by atoms with van der Waals surface area (Å²) in [6, 6.07) is 7.34. The Kier molecular flexibility index (Phi) is 6.94. The normalized spacial score (nSPS) is 11.7. The van der Waals surface area contributed by atoms with Gasteiger partial charge in [-0.3, -0.25) is 4.72 Å². The Hall–Kier alpha value is -1.31. The molecule has 0 aliphatic rings. The van der Waals surface area contributed by atoms with Gasteiger partial charge in [0.25, 0.3) is 0 Å². The van der Waals surface area contributed by atoms with Crippen LogP contribution in [0.4, 0.5) is 11.4 Å². The van der Waals surface area contributed by atoms with Gasteiger partial charge in [-0.15, -0.1) is 0 Å². The van der Waals surface area contributed by atoms with Gasteiger partial charge in [0.1, 0.15) is 0 Å². The van der Waals surface area contributed by atoms with E-state index in [2.05, 4.69) is 10.0 Å². The van der Waals surface area contributed by atoms with Crippen molar-refractivity contribution in [2.24, 2.45) is 0 Å². The van der Waals surface area contributed by atoms with Crippen molar-refractivity contribution in [3.05, 3.63) is 24.3 Å². The van der Waals surface area contributed by atoms with Gasteiger partial charge in [0, 0.05) is 27.7 Å². The first-order valence-electron chi connectivity index (χ1n) is 7.09. The Bertz CT molecular complexity index is 532. The predicted octanol–water partition coefficient (Wildman–Crippen LogP) is 1.34. The summed E-state index contributed by atoms with van der Waals surface area (Å²) in [6.07, 6.45) is 0.778. The molecular weight excluding hydrogens is 288 g/mol. The molecule has 7 heteroatoms. The minimum atomic E-state index is -3.53. The van der Waals surface area contributed by atoms with Crippen molar-refractivity contribution in [1.82, 2.24) is 9.62 Å². The van der Waals surface area contributed by atoms with Crippen LogP contribution in [0.5, 0.6) is 0 Å². The highest BCUT2D eigenvalue weighted by molar-refractivity contribution is 7.90. The van der Waals surface area contributed by atoms with E-state index in [1.54, 1.807) is 13.1 Å². The minimum Gasteiger partial charge on any atom is -0.376 e. The maximum atomic E-state index is 12.3. The van der Waals surface area contributed by atoms with E-state index in [9.17, 15) is 8.42 Å². The molecule has 0 spiro atoms. The van der Waals surface area contributed by atoms with E-state index >= 15 is 0 Å². The number of nitrogens with one attached hydrogen (secondary N) is 2. The molecule has 0 unspecified atom stereocenters. The van der Waals surface area contributed by atoms with E-state index in [0.29, 0.717) is 12.2 Å². The summed E-state index contributed by atoms with van der Waals surface area (Å²) in [5.41, 5.74) is 1.42. The first kappa shape index (κ1) is 17.7. The topological polar surface area (TPSA) is 64.7 Å². The molecular formula is C14H26N4O2S. The number of para-hydroxylation sites is 2. The summed E-state index contributed by atoms with van der Waals surface area (Å²) in [6.45, 7) is 4.21. The van der Waals surface area contributed by atoms with Crippen molar-refractivity contribution in [3.8, 4) is 0 Å². The fourth-order valence-corrected chi connectivity index (χ4v) is 2.87. The molecule has 0 fully saturated rings. The molecule has 0 aromatic heterocycles. The van der Waals surface area contributed by atoms with Crippen LogP contribution in [0.3, 0.4) is 0 Å². The Labute approximate surface area is 128 Å². The summed E-state index contributed by atoms with van der Waals surface area (Å²) < 4.78 is 28.6. The first-order chi connectivity index (χ1) is 9.88. The summed E-state index contributed by atoms with van der Waals surface area (Å²) in [5.74, 6) is 0. The zero-order valence-electron chi connectivity index (χ0n) is 13.3. The lowest BCUT2D eigenvalue weighted by Gasteiger charge is -2.22. The van der Waals surface area contributed by atoms with Gasteiger partial charge in [-0.25, -0.2) is 0 Å². The Morgan fingerprint density at radius 2 is 1.81 bits per heavy atom. The van der Waals surface area contributed by atoms with Crippen LogP contribution in [0.25, 0.3) is 0 Å². The molecule has 2 N–H and O–H groups in total. The third kappa shape index (κ3) is 5.53. The summed E-state index contributed by atoms with van der Waals surface area (Å²) in [4.78, 5) is 1.88. The van der Waals surface area contributed by atoms with E-state index in [0.717, 1.165) is 25.2 Å². The zero-order chi connectivity index (χ0) is 15.9. The minimum absolute atomic E-state index is 0.479. The average molecular weight is 314 g/mol. The number of hydrogen-bond donors (Lipinski definition) is 2. The van der Waals surface area contributed by atoms with Crippen molar-refractivity contribution < 1.29 is 8.42 Å². The highest BCUT2D eigenvalue weighted by Gasteiger charge is 2.18. The van der Waals surface area contributed by atoms with E-state index < -0.39 is 10.2 Å². The average Bonchev–Trinajstić information content (AvgIpc) is 2.43. The molecule has 0 saturated heterocycles. The third-order valence-electron chi connectivity index (χ3n) is 3.11. The van der Waals surface area contributed by atoms with Gasteiger partial charge < -0.3 is 10.2 Å². The molecule has 0 saturated carbocycles. The fourth-order valence-electron chi connectivity index (χ4n) is 1.89. The Balaban J connectivity index is 2.72. The SMILES string of the molecule is CCNCCCN(C)S(=O)(=O)Nc1ccccc1N(C)C. The molecule has 0 heterocycles. The first-order valence-corrected chi connectivity index (χ1v) is 8.53. The van der Waals surface area contributed by atoms with Crippen LogP contribution in [-0.2, 0) is 10.2 Å². The van der Waals surface area contributed by atoms with Gasteiger partial charge in [-0.2, -0.15) is 12.7 Å². The summed E-state index contributed by atoms with van der Waals surface area (Å²) in [5, 5.41) is 3.18. The second-order valence-corrected chi connectivity index (χ2v) is 6.82. The van der Waals surface area contributed by atoms with Gasteiger partial charge in [0.2, 0.25) is 0 Å². The zero-order valence-corrected chi connectivity index (χ0v) is 14.1. The molecule has 0 atom stereocenters. The Morgan fingerprint density at radius 3 is 2.43 bits per heavy atom. The molecule has 21 heavy (non-hydrogen) atoms.